The molecule has 8 heteroatoms. The Bertz CT molecular complexity index is 690. The van der Waals surface area contributed by atoms with Crippen molar-refractivity contribution in [1.29, 1.82) is 10.5 Å². The van der Waals surface area contributed by atoms with Crippen LogP contribution >= 0.6 is 0 Å². The van der Waals surface area contributed by atoms with Crippen LogP contribution in [0.1, 0.15) is 10.4 Å². The van der Waals surface area contributed by atoms with Crippen LogP contribution in [0.2, 0.25) is 0 Å². The Kier molecular flexibility index (Phi) is 5.13. The zero-order chi connectivity index (χ0) is 16.8. The third kappa shape index (κ3) is 3.96. The van der Waals surface area contributed by atoms with Crippen molar-refractivity contribution >= 4 is 23.0 Å². The number of carbonyl (C=O) groups excluding carboxylic acids is 1. The van der Waals surface area contributed by atoms with Crippen molar-refractivity contribution in [3.8, 4) is 12.1 Å². The summed E-state index contributed by atoms with van der Waals surface area (Å²) in [4.78, 5) is 15.7. The molecular formula is C15H17N7O. The van der Waals surface area contributed by atoms with Gasteiger partial charge in [-0.2, -0.15) is 15.6 Å². The number of amides is 1. The Hall–Kier alpha value is -3.10. The summed E-state index contributed by atoms with van der Waals surface area (Å²) in [6.45, 7) is 3.49. The fourth-order valence-electron chi connectivity index (χ4n) is 2.29. The van der Waals surface area contributed by atoms with E-state index in [-0.39, 0.29) is 5.71 Å². The van der Waals surface area contributed by atoms with E-state index in [0.717, 1.165) is 31.9 Å². The molecule has 0 saturated carbocycles. The van der Waals surface area contributed by atoms with Crippen molar-refractivity contribution < 1.29 is 4.79 Å². The van der Waals surface area contributed by atoms with Crippen LogP contribution in [0.15, 0.2) is 23.3 Å². The molecule has 3 N–H and O–H groups in total. The molecule has 1 aromatic carbocycles. The van der Waals surface area contributed by atoms with Gasteiger partial charge in [-0.25, -0.2) is 0 Å². The van der Waals surface area contributed by atoms with Crippen molar-refractivity contribution in [3.63, 3.8) is 0 Å². The summed E-state index contributed by atoms with van der Waals surface area (Å²) in [5.74, 6) is -0.553. The first kappa shape index (κ1) is 16.3. The molecule has 0 atom stereocenters. The van der Waals surface area contributed by atoms with E-state index >= 15 is 0 Å². The first-order valence-electron chi connectivity index (χ1n) is 7.06. The van der Waals surface area contributed by atoms with Gasteiger partial charge in [-0.3, -0.25) is 10.2 Å². The third-order valence-electron chi connectivity index (χ3n) is 3.62. The molecule has 1 amide bonds. The van der Waals surface area contributed by atoms with Crippen LogP contribution in [0.25, 0.3) is 0 Å². The van der Waals surface area contributed by atoms with Gasteiger partial charge >= 0.3 is 0 Å². The predicted octanol–water partition coefficient (Wildman–Crippen LogP) is 0.352. The zero-order valence-electron chi connectivity index (χ0n) is 12.8. The molecule has 0 spiro atoms. The van der Waals surface area contributed by atoms with Gasteiger partial charge in [-0.1, -0.05) is 0 Å². The maximum absolute atomic E-state index is 11.4. The molecule has 1 aromatic rings. The highest BCUT2D eigenvalue weighted by Crippen LogP contribution is 2.28. The number of primary amides is 1. The number of carbonyl (C=O) groups is 1. The Morgan fingerprint density at radius 3 is 2.48 bits per heavy atom. The molecule has 1 aliphatic rings. The molecule has 0 aromatic heterocycles. The number of rotatable bonds is 4. The second-order valence-corrected chi connectivity index (χ2v) is 5.18. The maximum Gasteiger partial charge on any atom is 0.248 e. The first-order valence-corrected chi connectivity index (χ1v) is 7.06. The number of likely N-dealkylation sites (N-methyl/N-ethyl adjacent to an activating group) is 1. The Morgan fingerprint density at radius 1 is 1.26 bits per heavy atom. The lowest BCUT2D eigenvalue weighted by Gasteiger charge is -2.35. The molecule has 1 fully saturated rings. The van der Waals surface area contributed by atoms with Crippen LogP contribution in [-0.2, 0) is 0 Å². The van der Waals surface area contributed by atoms with E-state index in [1.54, 1.807) is 30.3 Å². The number of nitrogens with one attached hydrogen (secondary N) is 1. The topological polar surface area (TPSA) is 122 Å². The number of hydrogen-bond donors (Lipinski definition) is 2. The van der Waals surface area contributed by atoms with Gasteiger partial charge in [0.05, 0.1) is 11.4 Å². The monoisotopic (exact) mass is 311 g/mol. The van der Waals surface area contributed by atoms with E-state index in [1.807, 2.05) is 0 Å². The van der Waals surface area contributed by atoms with Gasteiger partial charge in [0, 0.05) is 31.7 Å². The highest BCUT2D eigenvalue weighted by molar-refractivity contribution is 6.10. The quantitative estimate of drug-likeness (QED) is 0.611. The Morgan fingerprint density at radius 2 is 1.91 bits per heavy atom. The van der Waals surface area contributed by atoms with Gasteiger partial charge in [0.1, 0.15) is 12.1 Å². The fraction of sp³-hybridized carbons (Fsp3) is 0.333. The smallest absolute Gasteiger partial charge is 0.248 e. The number of nitrogens with zero attached hydrogens (tertiary/aromatic N) is 5. The molecule has 1 aliphatic heterocycles. The summed E-state index contributed by atoms with van der Waals surface area (Å²) < 4.78 is 0. The van der Waals surface area contributed by atoms with E-state index in [4.69, 9.17) is 16.3 Å². The van der Waals surface area contributed by atoms with E-state index in [0.29, 0.717) is 11.3 Å². The van der Waals surface area contributed by atoms with Crippen molar-refractivity contribution in [2.45, 2.75) is 0 Å². The third-order valence-corrected chi connectivity index (χ3v) is 3.62. The lowest BCUT2D eigenvalue weighted by Crippen LogP contribution is -2.44. The summed E-state index contributed by atoms with van der Waals surface area (Å²) in [5, 5.41) is 21.3. The molecule has 0 aliphatic carbocycles. The second-order valence-electron chi connectivity index (χ2n) is 5.18. The number of nitrogens with two attached hydrogens (primary N) is 1. The summed E-state index contributed by atoms with van der Waals surface area (Å²) in [5.41, 5.74) is 9.43. The van der Waals surface area contributed by atoms with Crippen LogP contribution in [-0.4, -0.2) is 49.7 Å². The van der Waals surface area contributed by atoms with E-state index < -0.39 is 5.91 Å². The number of benzene rings is 1. The normalized spacial score (nSPS) is 14.5. The molecule has 8 nitrogen and oxygen atoms in total. The summed E-state index contributed by atoms with van der Waals surface area (Å²) in [6.07, 6.45) is 0. The standard InChI is InChI=1S/C15H17N7O/c1-21-4-6-22(7-5-21)14-3-2-11(15(18)23)8-13(14)20-19-12(9-16)10-17/h2-3,8,20H,4-7H2,1H3,(H2,18,23). The SMILES string of the molecule is CN1CCN(c2ccc(C(N)=O)cc2NN=C(C#N)C#N)CC1. The van der Waals surface area contributed by atoms with Crippen molar-refractivity contribution in [2.75, 3.05) is 43.6 Å². The van der Waals surface area contributed by atoms with Gasteiger partial charge in [0.25, 0.3) is 0 Å². The largest absolute Gasteiger partial charge is 0.367 e. The van der Waals surface area contributed by atoms with Gasteiger partial charge in [-0.05, 0) is 25.2 Å². The number of nitriles is 2. The lowest BCUT2D eigenvalue weighted by molar-refractivity contribution is 0.100. The molecule has 23 heavy (non-hydrogen) atoms. The molecule has 0 bridgehead atoms. The predicted molar refractivity (Wildman–Crippen MR) is 87.0 cm³/mol. The Labute approximate surface area is 134 Å². The Balaban J connectivity index is 2.34. The molecular weight excluding hydrogens is 294 g/mol. The number of hydrogen-bond acceptors (Lipinski definition) is 7. The molecule has 0 unspecified atom stereocenters. The fourth-order valence-corrected chi connectivity index (χ4v) is 2.29. The average Bonchev–Trinajstić information content (AvgIpc) is 2.56. The van der Waals surface area contributed by atoms with Crippen molar-refractivity contribution in [3.05, 3.63) is 23.8 Å². The van der Waals surface area contributed by atoms with Crippen molar-refractivity contribution in [2.24, 2.45) is 10.8 Å². The number of piperazine rings is 1. The van der Waals surface area contributed by atoms with Gasteiger partial charge in [0.2, 0.25) is 11.6 Å². The van der Waals surface area contributed by atoms with Gasteiger partial charge in [-0.15, -0.1) is 0 Å². The average molecular weight is 311 g/mol. The molecule has 118 valence electrons. The number of anilines is 2. The minimum absolute atomic E-state index is 0.293. The highest BCUT2D eigenvalue weighted by atomic mass is 16.1. The van der Waals surface area contributed by atoms with Crippen LogP contribution < -0.4 is 16.1 Å². The summed E-state index contributed by atoms with van der Waals surface area (Å²) in [6, 6.07) is 8.38. The second kappa shape index (κ2) is 7.25. The van der Waals surface area contributed by atoms with E-state index in [1.165, 1.54) is 0 Å². The van der Waals surface area contributed by atoms with Crippen LogP contribution in [0.3, 0.4) is 0 Å². The van der Waals surface area contributed by atoms with Crippen LogP contribution in [0, 0.1) is 22.7 Å². The minimum Gasteiger partial charge on any atom is -0.367 e. The van der Waals surface area contributed by atoms with Crippen molar-refractivity contribution in [1.82, 2.24) is 4.90 Å². The molecule has 1 heterocycles. The van der Waals surface area contributed by atoms with Crippen LogP contribution in [0.5, 0.6) is 0 Å². The van der Waals surface area contributed by atoms with Crippen LogP contribution in [0.4, 0.5) is 11.4 Å². The molecule has 0 radical (unpaired) electrons. The van der Waals surface area contributed by atoms with Gasteiger partial charge < -0.3 is 15.5 Å². The van der Waals surface area contributed by atoms with Gasteiger partial charge in [0.15, 0.2) is 0 Å². The van der Waals surface area contributed by atoms with E-state index in [9.17, 15) is 4.79 Å². The lowest BCUT2D eigenvalue weighted by atomic mass is 10.1. The zero-order valence-corrected chi connectivity index (χ0v) is 12.8. The molecule has 1 saturated heterocycles. The summed E-state index contributed by atoms with van der Waals surface area (Å²) >= 11 is 0. The minimum atomic E-state index is -0.553. The number of hydrazone groups is 1. The first-order chi connectivity index (χ1) is 11.0. The summed E-state index contributed by atoms with van der Waals surface area (Å²) in [7, 11) is 2.06. The molecule has 2 rings (SSSR count). The maximum atomic E-state index is 11.4. The highest BCUT2D eigenvalue weighted by Gasteiger charge is 2.18. The van der Waals surface area contributed by atoms with E-state index in [2.05, 4.69) is 27.4 Å².